The van der Waals surface area contributed by atoms with E-state index in [2.05, 4.69) is 30.9 Å². The summed E-state index contributed by atoms with van der Waals surface area (Å²) in [5.41, 5.74) is 1.18. The van der Waals surface area contributed by atoms with E-state index in [4.69, 9.17) is 0 Å². The van der Waals surface area contributed by atoms with E-state index in [9.17, 15) is 4.79 Å². The predicted molar refractivity (Wildman–Crippen MR) is 83.7 cm³/mol. The SMILES string of the molecule is CCC(C)C(C(=O)N1CCCCCC1)c1ccccc1. The molecule has 1 amide bonds. The van der Waals surface area contributed by atoms with Gasteiger partial charge in [-0.05, 0) is 24.3 Å². The lowest BCUT2D eigenvalue weighted by Gasteiger charge is -2.29. The number of hydrogen-bond donors (Lipinski definition) is 0. The maximum absolute atomic E-state index is 13.0. The van der Waals surface area contributed by atoms with E-state index >= 15 is 0 Å². The van der Waals surface area contributed by atoms with Crippen LogP contribution >= 0.6 is 0 Å². The summed E-state index contributed by atoms with van der Waals surface area (Å²) in [6, 6.07) is 10.3. The molecule has 0 aromatic heterocycles. The molecular weight excluding hydrogens is 246 g/mol. The van der Waals surface area contributed by atoms with E-state index in [1.54, 1.807) is 0 Å². The van der Waals surface area contributed by atoms with Gasteiger partial charge in [-0.25, -0.2) is 0 Å². The molecule has 1 aromatic rings. The summed E-state index contributed by atoms with van der Waals surface area (Å²) >= 11 is 0. The Hall–Kier alpha value is -1.31. The summed E-state index contributed by atoms with van der Waals surface area (Å²) < 4.78 is 0. The minimum Gasteiger partial charge on any atom is -0.342 e. The fraction of sp³-hybridized carbons (Fsp3) is 0.611. The third-order valence-electron chi connectivity index (χ3n) is 4.56. The van der Waals surface area contributed by atoms with E-state index in [0.29, 0.717) is 11.8 Å². The molecule has 1 heterocycles. The monoisotopic (exact) mass is 273 g/mol. The van der Waals surface area contributed by atoms with Gasteiger partial charge in [0, 0.05) is 13.1 Å². The summed E-state index contributed by atoms with van der Waals surface area (Å²) in [6.07, 6.45) is 5.90. The maximum Gasteiger partial charge on any atom is 0.230 e. The highest BCUT2D eigenvalue weighted by molar-refractivity contribution is 5.84. The van der Waals surface area contributed by atoms with Gasteiger partial charge in [-0.15, -0.1) is 0 Å². The van der Waals surface area contributed by atoms with Crippen molar-refractivity contribution in [1.82, 2.24) is 4.90 Å². The summed E-state index contributed by atoms with van der Waals surface area (Å²) in [4.78, 5) is 15.1. The van der Waals surface area contributed by atoms with E-state index in [0.717, 1.165) is 32.4 Å². The van der Waals surface area contributed by atoms with Crippen molar-refractivity contribution < 1.29 is 4.79 Å². The van der Waals surface area contributed by atoms with Gasteiger partial charge in [0.25, 0.3) is 0 Å². The van der Waals surface area contributed by atoms with Gasteiger partial charge in [0.15, 0.2) is 0 Å². The molecule has 2 atom stereocenters. The highest BCUT2D eigenvalue weighted by atomic mass is 16.2. The maximum atomic E-state index is 13.0. The average Bonchev–Trinajstić information content (AvgIpc) is 2.77. The van der Waals surface area contributed by atoms with Crippen LogP contribution < -0.4 is 0 Å². The largest absolute Gasteiger partial charge is 0.342 e. The Bertz CT molecular complexity index is 407. The first-order valence-corrected chi connectivity index (χ1v) is 8.07. The lowest BCUT2D eigenvalue weighted by Crippen LogP contribution is -2.38. The van der Waals surface area contributed by atoms with Gasteiger partial charge < -0.3 is 4.90 Å². The summed E-state index contributed by atoms with van der Waals surface area (Å²) in [6.45, 7) is 6.26. The second-order valence-corrected chi connectivity index (χ2v) is 6.01. The molecule has 0 bridgehead atoms. The molecule has 2 rings (SSSR count). The van der Waals surface area contributed by atoms with Gasteiger partial charge in [0.05, 0.1) is 5.92 Å². The number of benzene rings is 1. The van der Waals surface area contributed by atoms with Gasteiger partial charge in [-0.3, -0.25) is 4.79 Å². The topological polar surface area (TPSA) is 20.3 Å². The number of nitrogens with zero attached hydrogens (tertiary/aromatic N) is 1. The Balaban J connectivity index is 2.19. The summed E-state index contributed by atoms with van der Waals surface area (Å²) in [7, 11) is 0. The first-order valence-electron chi connectivity index (χ1n) is 8.07. The number of rotatable bonds is 4. The number of amides is 1. The lowest BCUT2D eigenvalue weighted by atomic mass is 9.84. The zero-order valence-corrected chi connectivity index (χ0v) is 12.8. The Labute approximate surface area is 123 Å². The van der Waals surface area contributed by atoms with E-state index in [1.165, 1.54) is 18.4 Å². The third-order valence-corrected chi connectivity index (χ3v) is 4.56. The van der Waals surface area contributed by atoms with E-state index < -0.39 is 0 Å². The van der Waals surface area contributed by atoms with Crippen LogP contribution in [0.3, 0.4) is 0 Å². The van der Waals surface area contributed by atoms with Crippen LogP contribution in [0.15, 0.2) is 30.3 Å². The van der Waals surface area contributed by atoms with Crippen molar-refractivity contribution in [3.8, 4) is 0 Å². The predicted octanol–water partition coefficient (Wildman–Crippen LogP) is 4.22. The van der Waals surface area contributed by atoms with Gasteiger partial charge in [-0.2, -0.15) is 0 Å². The van der Waals surface area contributed by atoms with Crippen LogP contribution in [0.25, 0.3) is 0 Å². The van der Waals surface area contributed by atoms with Crippen LogP contribution in [0, 0.1) is 5.92 Å². The zero-order chi connectivity index (χ0) is 14.4. The van der Waals surface area contributed by atoms with Crippen LogP contribution in [0.5, 0.6) is 0 Å². The van der Waals surface area contributed by atoms with Crippen molar-refractivity contribution in [3.63, 3.8) is 0 Å². The Morgan fingerprint density at radius 2 is 1.70 bits per heavy atom. The van der Waals surface area contributed by atoms with Crippen LogP contribution in [0.2, 0.25) is 0 Å². The molecule has 0 radical (unpaired) electrons. The van der Waals surface area contributed by atoms with Gasteiger partial charge >= 0.3 is 0 Å². The van der Waals surface area contributed by atoms with Crippen molar-refractivity contribution in [2.24, 2.45) is 5.92 Å². The van der Waals surface area contributed by atoms with Crippen LogP contribution in [0.1, 0.15) is 57.4 Å². The molecule has 1 aliphatic rings. The van der Waals surface area contributed by atoms with Crippen molar-refractivity contribution in [2.75, 3.05) is 13.1 Å². The molecule has 0 saturated carbocycles. The van der Waals surface area contributed by atoms with Crippen molar-refractivity contribution in [3.05, 3.63) is 35.9 Å². The van der Waals surface area contributed by atoms with Crippen LogP contribution in [-0.4, -0.2) is 23.9 Å². The van der Waals surface area contributed by atoms with Gasteiger partial charge in [0.2, 0.25) is 5.91 Å². The standard InChI is InChI=1S/C18H27NO/c1-3-15(2)17(16-11-7-6-8-12-16)18(20)19-13-9-4-5-10-14-19/h6-8,11-12,15,17H,3-5,9-10,13-14H2,1-2H3. The normalized spacial score (nSPS) is 19.2. The molecule has 1 saturated heterocycles. The molecule has 0 N–H and O–H groups in total. The lowest BCUT2D eigenvalue weighted by molar-refractivity contribution is -0.134. The second kappa shape index (κ2) is 7.47. The Morgan fingerprint density at radius 1 is 1.10 bits per heavy atom. The molecular formula is C18H27NO. The van der Waals surface area contributed by atoms with E-state index in [-0.39, 0.29) is 5.92 Å². The van der Waals surface area contributed by atoms with Crippen LogP contribution in [0.4, 0.5) is 0 Å². The fourth-order valence-corrected chi connectivity index (χ4v) is 3.10. The smallest absolute Gasteiger partial charge is 0.230 e. The number of carbonyl (C=O) groups is 1. The van der Waals surface area contributed by atoms with Gasteiger partial charge in [-0.1, -0.05) is 63.4 Å². The molecule has 2 unspecified atom stereocenters. The molecule has 0 aliphatic carbocycles. The highest BCUT2D eigenvalue weighted by Crippen LogP contribution is 2.29. The number of carbonyl (C=O) groups excluding carboxylic acids is 1. The molecule has 0 spiro atoms. The quantitative estimate of drug-likeness (QED) is 0.804. The van der Waals surface area contributed by atoms with Crippen LogP contribution in [-0.2, 0) is 4.79 Å². The summed E-state index contributed by atoms with van der Waals surface area (Å²) in [5, 5.41) is 0. The molecule has 2 nitrogen and oxygen atoms in total. The highest BCUT2D eigenvalue weighted by Gasteiger charge is 2.29. The second-order valence-electron chi connectivity index (χ2n) is 6.01. The summed E-state index contributed by atoms with van der Waals surface area (Å²) in [5.74, 6) is 0.764. The van der Waals surface area contributed by atoms with E-state index in [1.807, 2.05) is 18.2 Å². The van der Waals surface area contributed by atoms with Crippen molar-refractivity contribution in [2.45, 2.75) is 51.9 Å². The number of likely N-dealkylation sites (tertiary alicyclic amines) is 1. The number of hydrogen-bond acceptors (Lipinski definition) is 1. The Morgan fingerprint density at radius 3 is 2.25 bits per heavy atom. The minimum absolute atomic E-state index is 0.0271. The zero-order valence-electron chi connectivity index (χ0n) is 12.8. The molecule has 1 fully saturated rings. The minimum atomic E-state index is 0.0271. The average molecular weight is 273 g/mol. The van der Waals surface area contributed by atoms with Crippen molar-refractivity contribution >= 4 is 5.91 Å². The molecule has 110 valence electrons. The van der Waals surface area contributed by atoms with Gasteiger partial charge in [0.1, 0.15) is 0 Å². The van der Waals surface area contributed by atoms with Crippen molar-refractivity contribution in [1.29, 1.82) is 0 Å². The third kappa shape index (κ3) is 3.62. The first kappa shape index (κ1) is 15.1. The Kier molecular flexibility index (Phi) is 5.63. The molecule has 20 heavy (non-hydrogen) atoms. The molecule has 2 heteroatoms. The molecule has 1 aliphatic heterocycles. The molecule has 1 aromatic carbocycles. The fourth-order valence-electron chi connectivity index (χ4n) is 3.10. The first-order chi connectivity index (χ1) is 9.74.